The zero-order chi connectivity index (χ0) is 14.7. The summed E-state index contributed by atoms with van der Waals surface area (Å²) >= 11 is 1.85. The molecule has 2 heterocycles. The molecular formula is C20H13NS. The second kappa shape index (κ2) is 4.28. The molecule has 2 aromatic heterocycles. The first-order valence-electron chi connectivity index (χ1n) is 7.41. The van der Waals surface area contributed by atoms with Gasteiger partial charge in [-0.05, 0) is 23.3 Å². The van der Waals surface area contributed by atoms with Crippen molar-refractivity contribution < 1.29 is 0 Å². The van der Waals surface area contributed by atoms with Crippen molar-refractivity contribution in [3.05, 3.63) is 66.4 Å². The maximum atomic E-state index is 4.69. The van der Waals surface area contributed by atoms with Crippen molar-refractivity contribution in [2.24, 2.45) is 0 Å². The highest BCUT2D eigenvalue weighted by Crippen LogP contribution is 2.41. The molecule has 0 aliphatic rings. The average Bonchev–Trinajstić information content (AvgIpc) is 2.94. The molecule has 0 aliphatic carbocycles. The van der Waals surface area contributed by atoms with Crippen molar-refractivity contribution >= 4 is 53.2 Å². The van der Waals surface area contributed by atoms with Gasteiger partial charge in [0.2, 0.25) is 0 Å². The van der Waals surface area contributed by atoms with E-state index in [-0.39, 0.29) is 0 Å². The highest BCUT2D eigenvalue weighted by molar-refractivity contribution is 7.26. The van der Waals surface area contributed by atoms with E-state index >= 15 is 0 Å². The van der Waals surface area contributed by atoms with E-state index in [1.807, 2.05) is 17.5 Å². The van der Waals surface area contributed by atoms with Crippen LogP contribution in [0.2, 0.25) is 0 Å². The minimum atomic E-state index is 1.11. The molecule has 0 bridgehead atoms. The third-order valence-electron chi connectivity index (χ3n) is 4.43. The van der Waals surface area contributed by atoms with Crippen molar-refractivity contribution in [3.8, 4) is 0 Å². The zero-order valence-corrected chi connectivity index (χ0v) is 12.9. The minimum absolute atomic E-state index is 1.11. The van der Waals surface area contributed by atoms with Crippen LogP contribution in [0.5, 0.6) is 0 Å². The highest BCUT2D eigenvalue weighted by Gasteiger charge is 2.12. The first kappa shape index (κ1) is 12.1. The molecule has 0 unspecified atom stereocenters. The van der Waals surface area contributed by atoms with Crippen LogP contribution < -0.4 is 0 Å². The van der Waals surface area contributed by atoms with E-state index in [0.717, 1.165) is 5.52 Å². The second-order valence-electron chi connectivity index (χ2n) is 5.73. The van der Waals surface area contributed by atoms with Gasteiger partial charge < -0.3 is 0 Å². The van der Waals surface area contributed by atoms with Crippen LogP contribution in [-0.2, 0) is 0 Å². The van der Waals surface area contributed by atoms with Crippen molar-refractivity contribution in [3.63, 3.8) is 0 Å². The molecule has 0 aliphatic heterocycles. The fraction of sp³-hybridized carbons (Fsp3) is 0.0500. The number of benzene rings is 3. The predicted molar refractivity (Wildman–Crippen MR) is 96.9 cm³/mol. The number of para-hydroxylation sites is 1. The maximum Gasteiger partial charge on any atom is 0.0738 e. The van der Waals surface area contributed by atoms with Crippen LogP contribution in [0, 0.1) is 6.92 Å². The number of nitrogens with zero attached hydrogens (tertiary/aromatic N) is 1. The van der Waals surface area contributed by atoms with Crippen molar-refractivity contribution in [2.45, 2.75) is 6.92 Å². The lowest BCUT2D eigenvalue weighted by molar-refractivity contribution is 1.40. The average molecular weight is 299 g/mol. The minimum Gasteiger partial charge on any atom is -0.254 e. The summed E-state index contributed by atoms with van der Waals surface area (Å²) in [6, 6.07) is 19.6. The van der Waals surface area contributed by atoms with Crippen molar-refractivity contribution in [1.82, 2.24) is 4.98 Å². The summed E-state index contributed by atoms with van der Waals surface area (Å²) in [5.74, 6) is 0. The van der Waals surface area contributed by atoms with E-state index in [1.54, 1.807) is 0 Å². The van der Waals surface area contributed by atoms with Crippen LogP contribution in [-0.4, -0.2) is 4.98 Å². The number of aromatic nitrogens is 1. The van der Waals surface area contributed by atoms with Crippen molar-refractivity contribution in [1.29, 1.82) is 0 Å². The fourth-order valence-corrected chi connectivity index (χ4v) is 4.59. The lowest BCUT2D eigenvalue weighted by Gasteiger charge is -2.03. The van der Waals surface area contributed by atoms with Crippen LogP contribution in [0.25, 0.3) is 41.8 Å². The number of thiophene rings is 1. The Morgan fingerprint density at radius 2 is 1.68 bits per heavy atom. The van der Waals surface area contributed by atoms with Gasteiger partial charge in [0.1, 0.15) is 0 Å². The van der Waals surface area contributed by atoms with Gasteiger partial charge in [-0.3, -0.25) is 4.98 Å². The third-order valence-corrected chi connectivity index (χ3v) is 5.60. The van der Waals surface area contributed by atoms with Crippen molar-refractivity contribution in [2.75, 3.05) is 0 Å². The van der Waals surface area contributed by atoms with E-state index < -0.39 is 0 Å². The van der Waals surface area contributed by atoms with Gasteiger partial charge in [-0.1, -0.05) is 54.6 Å². The van der Waals surface area contributed by atoms with E-state index in [1.165, 1.54) is 41.9 Å². The van der Waals surface area contributed by atoms with E-state index in [4.69, 9.17) is 4.98 Å². The number of hydrogen-bond acceptors (Lipinski definition) is 2. The topological polar surface area (TPSA) is 12.9 Å². The van der Waals surface area contributed by atoms with Crippen LogP contribution >= 0.6 is 11.3 Å². The first-order valence-corrected chi connectivity index (χ1v) is 8.23. The molecule has 0 spiro atoms. The van der Waals surface area contributed by atoms with Gasteiger partial charge in [0.05, 0.1) is 10.2 Å². The summed E-state index contributed by atoms with van der Waals surface area (Å²) < 4.78 is 2.63. The lowest BCUT2D eigenvalue weighted by Crippen LogP contribution is -1.83. The summed E-state index contributed by atoms with van der Waals surface area (Å²) in [6.07, 6.45) is 2.03. The van der Waals surface area contributed by atoms with Gasteiger partial charge in [0, 0.05) is 27.1 Å². The Morgan fingerprint density at radius 1 is 0.818 bits per heavy atom. The molecule has 0 amide bonds. The molecule has 3 aromatic carbocycles. The Hall–Kier alpha value is -2.45. The van der Waals surface area contributed by atoms with Gasteiger partial charge in [-0.15, -0.1) is 11.3 Å². The molecule has 0 saturated carbocycles. The summed E-state index contributed by atoms with van der Waals surface area (Å²) in [7, 11) is 0. The van der Waals surface area contributed by atoms with Crippen LogP contribution in [0.15, 0.2) is 60.8 Å². The summed E-state index contributed by atoms with van der Waals surface area (Å²) in [6.45, 7) is 2.13. The number of fused-ring (bicyclic) bond motifs is 7. The van der Waals surface area contributed by atoms with Gasteiger partial charge in [-0.2, -0.15) is 0 Å². The molecular weight excluding hydrogens is 286 g/mol. The van der Waals surface area contributed by atoms with E-state index in [2.05, 4.69) is 61.5 Å². The van der Waals surface area contributed by atoms with Gasteiger partial charge >= 0.3 is 0 Å². The third kappa shape index (κ3) is 1.50. The summed E-state index contributed by atoms with van der Waals surface area (Å²) in [4.78, 5) is 4.69. The molecule has 0 atom stereocenters. The summed E-state index contributed by atoms with van der Waals surface area (Å²) in [5, 5.41) is 6.59. The van der Waals surface area contributed by atoms with Crippen LogP contribution in [0.4, 0.5) is 0 Å². The highest BCUT2D eigenvalue weighted by atomic mass is 32.1. The lowest BCUT2D eigenvalue weighted by atomic mass is 10.0. The monoisotopic (exact) mass is 299 g/mol. The quantitative estimate of drug-likeness (QED) is 0.338. The molecule has 2 heteroatoms. The molecule has 5 rings (SSSR count). The Kier molecular flexibility index (Phi) is 2.36. The largest absolute Gasteiger partial charge is 0.254 e. The Bertz CT molecular complexity index is 1180. The number of aryl methyl sites for hydroxylation is 1. The standard InChI is InChI=1S/C20H13NS/c1-12-5-4-8-15-18-16-10-9-13-6-2-3-7-14(13)20(16)22-17(18)11-21-19(12)15/h2-11H,1H3. The van der Waals surface area contributed by atoms with Crippen LogP contribution in [0.1, 0.15) is 5.56 Å². The van der Waals surface area contributed by atoms with Crippen LogP contribution in [0.3, 0.4) is 0 Å². The molecule has 5 aromatic rings. The zero-order valence-electron chi connectivity index (χ0n) is 12.1. The summed E-state index contributed by atoms with van der Waals surface area (Å²) in [5.41, 5.74) is 2.35. The van der Waals surface area contributed by atoms with Gasteiger partial charge in [-0.25, -0.2) is 0 Å². The molecule has 0 N–H and O–H groups in total. The number of hydrogen-bond donors (Lipinski definition) is 0. The molecule has 0 fully saturated rings. The predicted octanol–water partition coefficient (Wildman–Crippen LogP) is 6.06. The Morgan fingerprint density at radius 3 is 2.64 bits per heavy atom. The Balaban J connectivity index is 2.10. The van der Waals surface area contributed by atoms with Gasteiger partial charge in [0.25, 0.3) is 0 Å². The molecule has 104 valence electrons. The maximum absolute atomic E-state index is 4.69. The smallest absolute Gasteiger partial charge is 0.0738 e. The van der Waals surface area contributed by atoms with E-state index in [0.29, 0.717) is 0 Å². The molecule has 0 saturated heterocycles. The second-order valence-corrected chi connectivity index (χ2v) is 6.79. The molecule has 1 nitrogen and oxygen atoms in total. The van der Waals surface area contributed by atoms with E-state index in [9.17, 15) is 0 Å². The number of rotatable bonds is 0. The normalized spacial score (nSPS) is 11.9. The molecule has 0 radical (unpaired) electrons. The van der Waals surface area contributed by atoms with Gasteiger partial charge in [0.15, 0.2) is 0 Å². The first-order chi connectivity index (χ1) is 10.8. The fourth-order valence-electron chi connectivity index (χ4n) is 3.37. The number of pyridine rings is 1. The Labute approximate surface area is 131 Å². The SMILES string of the molecule is Cc1cccc2c1ncc1sc3c4ccccc4ccc3c12. The molecule has 22 heavy (non-hydrogen) atoms.